The maximum atomic E-state index is 12.5. The Kier molecular flexibility index (Phi) is 4.57. The van der Waals surface area contributed by atoms with Crippen LogP contribution in [0.1, 0.15) is 21.7 Å². The van der Waals surface area contributed by atoms with Gasteiger partial charge in [-0.3, -0.25) is 18.9 Å². The van der Waals surface area contributed by atoms with Crippen molar-refractivity contribution < 1.29 is 9.90 Å². The van der Waals surface area contributed by atoms with Gasteiger partial charge < -0.3 is 15.4 Å². The number of hydrogen-bond donors (Lipinski definition) is 3. The molecule has 1 fully saturated rings. The predicted octanol–water partition coefficient (Wildman–Crippen LogP) is 1.28. The van der Waals surface area contributed by atoms with Crippen molar-refractivity contribution in [3.8, 4) is 0 Å². The first kappa shape index (κ1) is 18.5. The maximum Gasteiger partial charge on any atom is 0.270 e. The minimum atomic E-state index is -0.387. The van der Waals surface area contributed by atoms with Gasteiger partial charge in [0, 0.05) is 49.7 Å². The molecule has 1 saturated heterocycles. The van der Waals surface area contributed by atoms with Gasteiger partial charge in [-0.1, -0.05) is 18.2 Å². The average molecular weight is 403 g/mol. The van der Waals surface area contributed by atoms with Crippen molar-refractivity contribution in [2.45, 2.75) is 19.2 Å². The van der Waals surface area contributed by atoms with Crippen LogP contribution in [-0.4, -0.2) is 49.5 Å². The SMILES string of the molecule is O=C(NCc1ccc2cc(CN3CC(O)C3)[nH]c2c1)c1cc(=O)n2ccccc2n1. The van der Waals surface area contributed by atoms with E-state index in [2.05, 4.69) is 26.3 Å². The van der Waals surface area contributed by atoms with Crippen LogP contribution in [0.3, 0.4) is 0 Å². The Morgan fingerprint density at radius 1 is 1.20 bits per heavy atom. The topological polar surface area (TPSA) is 103 Å². The van der Waals surface area contributed by atoms with Crippen molar-refractivity contribution in [2.75, 3.05) is 13.1 Å². The lowest BCUT2D eigenvalue weighted by molar-refractivity contribution is -0.00342. The lowest BCUT2D eigenvalue weighted by atomic mass is 10.1. The number of fused-ring (bicyclic) bond motifs is 2. The van der Waals surface area contributed by atoms with Gasteiger partial charge in [-0.15, -0.1) is 0 Å². The number of amides is 1. The lowest BCUT2D eigenvalue weighted by Crippen LogP contribution is -2.49. The van der Waals surface area contributed by atoms with E-state index in [0.29, 0.717) is 25.3 Å². The van der Waals surface area contributed by atoms with Crippen LogP contribution in [0.4, 0.5) is 0 Å². The van der Waals surface area contributed by atoms with E-state index in [0.717, 1.165) is 28.7 Å². The van der Waals surface area contributed by atoms with Crippen LogP contribution in [0.15, 0.2) is 59.5 Å². The van der Waals surface area contributed by atoms with Crippen molar-refractivity contribution in [2.24, 2.45) is 0 Å². The summed E-state index contributed by atoms with van der Waals surface area (Å²) in [4.78, 5) is 34.5. The molecule has 5 rings (SSSR count). The molecule has 0 radical (unpaired) electrons. The van der Waals surface area contributed by atoms with Gasteiger partial charge in [0.15, 0.2) is 0 Å². The highest BCUT2D eigenvalue weighted by atomic mass is 16.3. The largest absolute Gasteiger partial charge is 0.390 e. The molecule has 0 saturated carbocycles. The summed E-state index contributed by atoms with van der Waals surface area (Å²) in [5.41, 5.74) is 3.29. The number of pyridine rings is 1. The molecule has 8 nitrogen and oxygen atoms in total. The van der Waals surface area contributed by atoms with Crippen molar-refractivity contribution in [1.29, 1.82) is 0 Å². The molecule has 1 aromatic carbocycles. The number of H-pyrrole nitrogens is 1. The Morgan fingerprint density at radius 2 is 2.07 bits per heavy atom. The first-order chi connectivity index (χ1) is 14.5. The first-order valence-electron chi connectivity index (χ1n) is 9.83. The van der Waals surface area contributed by atoms with Gasteiger partial charge in [0.05, 0.1) is 6.10 Å². The summed E-state index contributed by atoms with van der Waals surface area (Å²) in [6.45, 7) is 2.52. The number of hydrogen-bond acceptors (Lipinski definition) is 5. The fourth-order valence-corrected chi connectivity index (χ4v) is 3.79. The first-order valence-corrected chi connectivity index (χ1v) is 9.83. The van der Waals surface area contributed by atoms with Crippen LogP contribution in [0.5, 0.6) is 0 Å². The predicted molar refractivity (Wildman–Crippen MR) is 112 cm³/mol. The van der Waals surface area contributed by atoms with Crippen LogP contribution in [-0.2, 0) is 13.1 Å². The third kappa shape index (κ3) is 3.58. The molecular formula is C22H21N5O3. The fourth-order valence-electron chi connectivity index (χ4n) is 3.79. The van der Waals surface area contributed by atoms with Crippen LogP contribution in [0.25, 0.3) is 16.6 Å². The van der Waals surface area contributed by atoms with Crippen LogP contribution in [0.2, 0.25) is 0 Å². The van der Waals surface area contributed by atoms with Crippen LogP contribution in [0, 0.1) is 0 Å². The van der Waals surface area contributed by atoms with Gasteiger partial charge in [-0.25, -0.2) is 4.98 Å². The number of aliphatic hydroxyl groups excluding tert-OH is 1. The summed E-state index contributed by atoms with van der Waals surface area (Å²) < 4.78 is 1.40. The second-order valence-electron chi connectivity index (χ2n) is 7.66. The number of aromatic amines is 1. The second kappa shape index (κ2) is 7.40. The quantitative estimate of drug-likeness (QED) is 0.466. The zero-order valence-electron chi connectivity index (χ0n) is 16.2. The summed E-state index contributed by atoms with van der Waals surface area (Å²) >= 11 is 0. The monoisotopic (exact) mass is 403 g/mol. The number of aliphatic hydroxyl groups is 1. The van der Waals surface area contributed by atoms with Crippen molar-refractivity contribution in [3.63, 3.8) is 0 Å². The highest BCUT2D eigenvalue weighted by Gasteiger charge is 2.24. The maximum absolute atomic E-state index is 12.5. The molecule has 4 heterocycles. The molecule has 3 N–H and O–H groups in total. The molecule has 0 aliphatic carbocycles. The molecule has 152 valence electrons. The summed E-state index contributed by atoms with van der Waals surface area (Å²) in [5, 5.41) is 13.4. The normalized spacial score (nSPS) is 14.8. The number of carbonyl (C=O) groups excluding carboxylic acids is 1. The summed E-state index contributed by atoms with van der Waals surface area (Å²) in [6.07, 6.45) is 1.41. The van der Waals surface area contributed by atoms with E-state index < -0.39 is 0 Å². The van der Waals surface area contributed by atoms with E-state index in [1.165, 1.54) is 10.5 Å². The molecule has 0 atom stereocenters. The second-order valence-corrected chi connectivity index (χ2v) is 7.66. The van der Waals surface area contributed by atoms with E-state index in [-0.39, 0.29) is 23.3 Å². The van der Waals surface area contributed by atoms with E-state index in [1.807, 2.05) is 18.2 Å². The minimum absolute atomic E-state index is 0.103. The number of carbonyl (C=O) groups is 1. The molecule has 0 unspecified atom stereocenters. The van der Waals surface area contributed by atoms with Crippen LogP contribution < -0.4 is 10.9 Å². The molecule has 1 amide bonds. The third-order valence-corrected chi connectivity index (χ3v) is 5.33. The number of β-amino-alcohol motifs (C(OH)–C–C–N with tert-alkyl or cyclic N) is 1. The molecule has 30 heavy (non-hydrogen) atoms. The molecule has 3 aromatic heterocycles. The summed E-state index contributed by atoms with van der Waals surface area (Å²) in [6, 6.07) is 14.5. The average Bonchev–Trinajstić information content (AvgIpc) is 3.12. The zero-order valence-corrected chi connectivity index (χ0v) is 16.2. The lowest BCUT2D eigenvalue weighted by Gasteiger charge is -2.35. The van der Waals surface area contributed by atoms with Gasteiger partial charge >= 0.3 is 0 Å². The molecule has 0 bridgehead atoms. The smallest absolute Gasteiger partial charge is 0.270 e. The number of nitrogens with one attached hydrogen (secondary N) is 2. The van der Waals surface area contributed by atoms with Crippen molar-refractivity contribution in [3.05, 3.63) is 82.0 Å². The van der Waals surface area contributed by atoms with Crippen molar-refractivity contribution >= 4 is 22.5 Å². The van der Waals surface area contributed by atoms with Gasteiger partial charge in [0.1, 0.15) is 11.3 Å². The Balaban J connectivity index is 1.28. The van der Waals surface area contributed by atoms with Gasteiger partial charge in [-0.05, 0) is 35.2 Å². The molecule has 4 aromatic rings. The molecule has 1 aliphatic rings. The zero-order chi connectivity index (χ0) is 20.7. The van der Waals surface area contributed by atoms with E-state index in [9.17, 15) is 14.7 Å². The Labute approximate surface area is 171 Å². The number of aromatic nitrogens is 3. The Morgan fingerprint density at radius 3 is 2.90 bits per heavy atom. The number of benzene rings is 1. The van der Waals surface area contributed by atoms with Gasteiger partial charge in [0.25, 0.3) is 11.5 Å². The highest BCUT2D eigenvalue weighted by molar-refractivity contribution is 5.92. The van der Waals surface area contributed by atoms with E-state index in [1.54, 1.807) is 24.4 Å². The molecule has 1 aliphatic heterocycles. The fraction of sp³-hybridized carbons (Fsp3) is 0.227. The standard InChI is InChI=1S/C22H21N5O3/c28-17-12-26(13-17)11-16-8-15-5-4-14(7-18(15)24-16)10-23-22(30)19-9-21(29)27-6-2-1-3-20(27)25-19/h1-9,17,24,28H,10-13H2,(H,23,30). The van der Waals surface area contributed by atoms with E-state index >= 15 is 0 Å². The minimum Gasteiger partial charge on any atom is -0.390 e. The van der Waals surface area contributed by atoms with Gasteiger partial charge in [0.2, 0.25) is 0 Å². The Bertz CT molecular complexity index is 1300. The highest BCUT2D eigenvalue weighted by Crippen LogP contribution is 2.20. The molecular weight excluding hydrogens is 382 g/mol. The summed E-state index contributed by atoms with van der Waals surface area (Å²) in [5.74, 6) is -0.387. The van der Waals surface area contributed by atoms with Gasteiger partial charge in [-0.2, -0.15) is 0 Å². The molecule has 0 spiro atoms. The number of likely N-dealkylation sites (tertiary alicyclic amines) is 1. The summed E-state index contributed by atoms with van der Waals surface area (Å²) in [7, 11) is 0. The van der Waals surface area contributed by atoms with Crippen LogP contribution >= 0.6 is 0 Å². The molecule has 8 heteroatoms. The van der Waals surface area contributed by atoms with E-state index in [4.69, 9.17) is 0 Å². The van der Waals surface area contributed by atoms with Crippen molar-refractivity contribution in [1.82, 2.24) is 24.6 Å². The number of nitrogens with zero attached hydrogens (tertiary/aromatic N) is 3. The third-order valence-electron chi connectivity index (χ3n) is 5.33. The Hall–Kier alpha value is -3.49. The number of rotatable bonds is 5.